The summed E-state index contributed by atoms with van der Waals surface area (Å²) in [7, 11) is 5.55. The lowest BCUT2D eigenvalue weighted by atomic mass is 9.86. The van der Waals surface area contributed by atoms with Gasteiger partial charge >= 0.3 is 0 Å². The zero-order valence-electron chi connectivity index (χ0n) is 6.45. The Hall–Kier alpha value is -0.0151. The molecule has 0 amide bonds. The highest BCUT2D eigenvalue weighted by molar-refractivity contribution is 6.11. The lowest BCUT2D eigenvalue weighted by molar-refractivity contribution is 0.0295. The fraction of sp³-hybridized carbons (Fsp3) is 1.00. The van der Waals surface area contributed by atoms with Crippen LogP contribution in [0.1, 0.15) is 20.3 Å². The second-order valence-corrected chi connectivity index (χ2v) is 2.90. The van der Waals surface area contributed by atoms with Crippen LogP contribution in [-0.2, 0) is 4.74 Å². The van der Waals surface area contributed by atoms with Gasteiger partial charge in [-0.15, -0.1) is 0 Å². The molecule has 0 aromatic heterocycles. The molecule has 0 unspecified atom stereocenters. The van der Waals surface area contributed by atoms with Gasteiger partial charge in [-0.1, -0.05) is 13.8 Å². The van der Waals surface area contributed by atoms with Crippen LogP contribution in [-0.4, -0.2) is 31.2 Å². The van der Waals surface area contributed by atoms with Crippen molar-refractivity contribution in [3.8, 4) is 0 Å². The zero-order chi connectivity index (χ0) is 7.72. The summed E-state index contributed by atoms with van der Waals surface area (Å²) >= 11 is 0. The van der Waals surface area contributed by atoms with Crippen molar-refractivity contribution in [2.24, 2.45) is 5.92 Å². The molecule has 0 aromatic carbocycles. The van der Waals surface area contributed by atoms with Gasteiger partial charge in [-0.25, -0.2) is 0 Å². The van der Waals surface area contributed by atoms with E-state index in [0.717, 1.165) is 6.42 Å². The normalized spacial score (nSPS) is 47.9. The van der Waals surface area contributed by atoms with Crippen molar-refractivity contribution in [3.63, 3.8) is 0 Å². The Bertz CT molecular complexity index is 118. The molecule has 0 bridgehead atoms. The lowest BCUT2D eigenvalue weighted by Crippen LogP contribution is -2.24. The molecule has 56 valence electrons. The summed E-state index contributed by atoms with van der Waals surface area (Å²) in [6, 6.07) is -0.278. The van der Waals surface area contributed by atoms with Crippen LogP contribution in [0.2, 0.25) is 0 Å². The molecule has 3 heteroatoms. The van der Waals surface area contributed by atoms with E-state index in [1.807, 2.05) is 13.8 Å². The predicted molar refractivity (Wildman–Crippen MR) is 39.9 cm³/mol. The van der Waals surface area contributed by atoms with Crippen LogP contribution in [0.3, 0.4) is 0 Å². The summed E-state index contributed by atoms with van der Waals surface area (Å²) in [4.78, 5) is 0. The van der Waals surface area contributed by atoms with Crippen molar-refractivity contribution in [2.45, 2.75) is 38.5 Å². The van der Waals surface area contributed by atoms with Crippen molar-refractivity contribution >= 4 is 7.85 Å². The highest BCUT2D eigenvalue weighted by Gasteiger charge is 2.36. The molecule has 1 aliphatic rings. The second-order valence-electron chi connectivity index (χ2n) is 2.90. The standard InChI is InChI=1S/C7H13BO2/c1-3-5-6(9)4(2)7(8)10-5/h4-7,9H,3H2,1-2H3/t4-,5-,6+,7-/m1/s1. The van der Waals surface area contributed by atoms with E-state index in [9.17, 15) is 5.11 Å². The Morgan fingerprint density at radius 1 is 1.60 bits per heavy atom. The molecule has 0 saturated carbocycles. The Kier molecular flexibility index (Phi) is 2.37. The van der Waals surface area contributed by atoms with Crippen molar-refractivity contribution in [1.29, 1.82) is 0 Å². The van der Waals surface area contributed by atoms with Crippen molar-refractivity contribution in [3.05, 3.63) is 0 Å². The van der Waals surface area contributed by atoms with Gasteiger partial charge in [-0.05, 0) is 6.42 Å². The summed E-state index contributed by atoms with van der Waals surface area (Å²) in [6.45, 7) is 3.89. The van der Waals surface area contributed by atoms with Crippen LogP contribution >= 0.6 is 0 Å². The first-order chi connectivity index (χ1) is 4.66. The van der Waals surface area contributed by atoms with Crippen LogP contribution in [0.4, 0.5) is 0 Å². The Balaban J connectivity index is 2.53. The molecule has 1 N–H and O–H groups in total. The summed E-state index contributed by atoms with van der Waals surface area (Å²) in [5.74, 6) is 0.0740. The van der Waals surface area contributed by atoms with Crippen LogP contribution in [0.5, 0.6) is 0 Å². The SMILES string of the molecule is [B][C@@H]1O[C@H](CC)[C@@H](O)[C@H]1C. The topological polar surface area (TPSA) is 29.5 Å². The largest absolute Gasteiger partial charge is 0.390 e. The van der Waals surface area contributed by atoms with E-state index in [0.29, 0.717) is 0 Å². The predicted octanol–water partition coefficient (Wildman–Crippen LogP) is 0.287. The first kappa shape index (κ1) is 8.09. The van der Waals surface area contributed by atoms with Crippen LogP contribution in [0.25, 0.3) is 0 Å². The number of ether oxygens (including phenoxy) is 1. The number of rotatable bonds is 1. The quantitative estimate of drug-likeness (QED) is 0.530. The summed E-state index contributed by atoms with van der Waals surface area (Å²) in [5, 5.41) is 9.42. The van der Waals surface area contributed by atoms with E-state index in [-0.39, 0.29) is 24.1 Å². The first-order valence-electron chi connectivity index (χ1n) is 3.76. The smallest absolute Gasteiger partial charge is 0.109 e. The van der Waals surface area contributed by atoms with Gasteiger partial charge in [-0.3, -0.25) is 0 Å². The number of aliphatic hydroxyl groups is 1. The Morgan fingerprint density at radius 3 is 2.40 bits per heavy atom. The second kappa shape index (κ2) is 2.93. The monoisotopic (exact) mass is 140 g/mol. The van der Waals surface area contributed by atoms with Gasteiger partial charge in [0, 0.05) is 11.9 Å². The summed E-state index contributed by atoms with van der Waals surface area (Å²) < 4.78 is 5.26. The van der Waals surface area contributed by atoms with E-state index in [2.05, 4.69) is 0 Å². The minimum absolute atomic E-state index is 0.0509. The molecule has 0 spiro atoms. The highest BCUT2D eigenvalue weighted by Crippen LogP contribution is 2.26. The van der Waals surface area contributed by atoms with Crippen molar-refractivity contribution in [2.75, 3.05) is 0 Å². The van der Waals surface area contributed by atoms with Crippen LogP contribution in [0.15, 0.2) is 0 Å². The van der Waals surface area contributed by atoms with Gasteiger partial charge in [0.2, 0.25) is 0 Å². The molecular formula is C7H13BO2. The zero-order valence-corrected chi connectivity index (χ0v) is 6.45. The van der Waals surface area contributed by atoms with E-state index in [4.69, 9.17) is 12.6 Å². The highest BCUT2D eigenvalue weighted by atomic mass is 16.5. The lowest BCUT2D eigenvalue weighted by Gasteiger charge is -2.12. The minimum Gasteiger partial charge on any atom is -0.390 e. The maximum Gasteiger partial charge on any atom is 0.109 e. The molecule has 0 aliphatic carbocycles. The average molecular weight is 140 g/mol. The molecule has 0 aromatic rings. The van der Waals surface area contributed by atoms with E-state index in [1.54, 1.807) is 0 Å². The van der Waals surface area contributed by atoms with Gasteiger partial charge in [0.1, 0.15) is 7.85 Å². The van der Waals surface area contributed by atoms with Crippen LogP contribution in [0, 0.1) is 5.92 Å². The van der Waals surface area contributed by atoms with E-state index < -0.39 is 0 Å². The Morgan fingerprint density at radius 2 is 2.20 bits per heavy atom. The maximum atomic E-state index is 9.42. The van der Waals surface area contributed by atoms with Gasteiger partial charge in [0.05, 0.1) is 12.2 Å². The third-order valence-corrected chi connectivity index (χ3v) is 2.17. The Labute approximate surface area is 63.0 Å². The molecule has 1 saturated heterocycles. The minimum atomic E-state index is -0.375. The van der Waals surface area contributed by atoms with Crippen molar-refractivity contribution < 1.29 is 9.84 Å². The molecular weight excluding hydrogens is 127 g/mol. The third kappa shape index (κ3) is 1.20. The third-order valence-electron chi connectivity index (χ3n) is 2.17. The summed E-state index contributed by atoms with van der Waals surface area (Å²) in [5.41, 5.74) is 0. The average Bonchev–Trinajstić information content (AvgIpc) is 2.17. The van der Waals surface area contributed by atoms with E-state index in [1.165, 1.54) is 0 Å². The number of hydrogen-bond acceptors (Lipinski definition) is 2. The first-order valence-corrected chi connectivity index (χ1v) is 3.76. The van der Waals surface area contributed by atoms with Gasteiger partial charge in [0.25, 0.3) is 0 Å². The molecule has 4 atom stereocenters. The van der Waals surface area contributed by atoms with Gasteiger partial charge < -0.3 is 9.84 Å². The van der Waals surface area contributed by atoms with Crippen LogP contribution < -0.4 is 0 Å². The van der Waals surface area contributed by atoms with Crippen molar-refractivity contribution in [1.82, 2.24) is 0 Å². The van der Waals surface area contributed by atoms with E-state index >= 15 is 0 Å². The molecule has 10 heavy (non-hydrogen) atoms. The molecule has 1 heterocycles. The molecule has 2 nitrogen and oxygen atoms in total. The fourth-order valence-electron chi connectivity index (χ4n) is 1.28. The summed E-state index contributed by atoms with van der Waals surface area (Å²) in [6.07, 6.45) is 0.407. The molecule has 1 fully saturated rings. The molecule has 2 radical (unpaired) electrons. The van der Waals surface area contributed by atoms with Gasteiger partial charge in [0.15, 0.2) is 0 Å². The van der Waals surface area contributed by atoms with Gasteiger partial charge in [-0.2, -0.15) is 0 Å². The fourth-order valence-corrected chi connectivity index (χ4v) is 1.28. The molecule has 1 rings (SSSR count). The molecule has 1 aliphatic heterocycles. The number of hydrogen-bond donors (Lipinski definition) is 1. The number of aliphatic hydroxyl groups excluding tert-OH is 1. The maximum absolute atomic E-state index is 9.42.